The van der Waals surface area contributed by atoms with Gasteiger partial charge in [-0.2, -0.15) is 0 Å². The van der Waals surface area contributed by atoms with Gasteiger partial charge in [0.2, 0.25) is 0 Å². The zero-order valence-corrected chi connectivity index (χ0v) is 8.57. The van der Waals surface area contributed by atoms with Gasteiger partial charge in [0.05, 0.1) is 12.5 Å². The van der Waals surface area contributed by atoms with Crippen LogP contribution in [0.5, 0.6) is 0 Å². The van der Waals surface area contributed by atoms with Gasteiger partial charge in [0.25, 0.3) is 0 Å². The number of hydrogen-bond donors (Lipinski definition) is 0. The highest BCUT2D eigenvalue weighted by molar-refractivity contribution is 5.46. The van der Waals surface area contributed by atoms with Gasteiger partial charge in [-0.05, 0) is 12.5 Å². The fourth-order valence-electron chi connectivity index (χ4n) is 0.771. The SMILES string of the molecule is C=COC=C.C=Cc1ccc(C)cc1. The van der Waals surface area contributed by atoms with E-state index < -0.39 is 0 Å². The Labute approximate surface area is 86.0 Å². The predicted molar refractivity (Wildman–Crippen MR) is 62.7 cm³/mol. The molecule has 0 atom stereocenters. The van der Waals surface area contributed by atoms with Crippen molar-refractivity contribution < 1.29 is 4.74 Å². The molecule has 74 valence electrons. The lowest BCUT2D eigenvalue weighted by Gasteiger charge is -1.91. The molecule has 0 amide bonds. The van der Waals surface area contributed by atoms with Crippen LogP contribution in [0.1, 0.15) is 11.1 Å². The fourth-order valence-corrected chi connectivity index (χ4v) is 0.771. The maximum atomic E-state index is 4.36. The summed E-state index contributed by atoms with van der Waals surface area (Å²) < 4.78 is 4.36. The van der Waals surface area contributed by atoms with Crippen LogP contribution < -0.4 is 0 Å². The topological polar surface area (TPSA) is 9.23 Å². The zero-order valence-electron chi connectivity index (χ0n) is 8.57. The van der Waals surface area contributed by atoms with Gasteiger partial charge < -0.3 is 4.74 Å². The van der Waals surface area contributed by atoms with E-state index in [9.17, 15) is 0 Å². The van der Waals surface area contributed by atoms with Gasteiger partial charge in [-0.15, -0.1) is 0 Å². The second-order valence-electron chi connectivity index (χ2n) is 2.58. The van der Waals surface area contributed by atoms with Crippen LogP contribution in [0.25, 0.3) is 6.08 Å². The maximum absolute atomic E-state index is 4.36. The van der Waals surface area contributed by atoms with Gasteiger partial charge in [0.15, 0.2) is 0 Å². The van der Waals surface area contributed by atoms with E-state index in [1.165, 1.54) is 23.7 Å². The summed E-state index contributed by atoms with van der Waals surface area (Å²) in [5.74, 6) is 0. The molecule has 0 aliphatic carbocycles. The van der Waals surface area contributed by atoms with Crippen LogP contribution >= 0.6 is 0 Å². The van der Waals surface area contributed by atoms with Crippen molar-refractivity contribution >= 4 is 6.08 Å². The normalized spacial score (nSPS) is 7.79. The molecule has 1 rings (SSSR count). The minimum absolute atomic E-state index is 1.18. The molecule has 0 saturated heterocycles. The van der Waals surface area contributed by atoms with Gasteiger partial charge in [0.1, 0.15) is 0 Å². The Morgan fingerprint density at radius 2 is 1.50 bits per heavy atom. The van der Waals surface area contributed by atoms with Crippen molar-refractivity contribution in [2.45, 2.75) is 6.92 Å². The zero-order chi connectivity index (χ0) is 10.8. The average Bonchev–Trinajstić information content (AvgIpc) is 2.21. The largest absolute Gasteiger partial charge is 0.474 e. The van der Waals surface area contributed by atoms with Crippen LogP contribution in [0.15, 0.2) is 56.5 Å². The smallest absolute Gasteiger partial charge is 0.0829 e. The summed E-state index contributed by atoms with van der Waals surface area (Å²) >= 11 is 0. The molecule has 0 aliphatic rings. The molecular formula is C13H16O. The van der Waals surface area contributed by atoms with E-state index in [4.69, 9.17) is 0 Å². The first-order chi connectivity index (χ1) is 6.74. The van der Waals surface area contributed by atoms with Gasteiger partial charge in [-0.25, -0.2) is 0 Å². The van der Waals surface area contributed by atoms with Crippen molar-refractivity contribution in [1.29, 1.82) is 0 Å². The molecule has 14 heavy (non-hydrogen) atoms. The highest BCUT2D eigenvalue weighted by atomic mass is 16.5. The van der Waals surface area contributed by atoms with Crippen LogP contribution in [0.3, 0.4) is 0 Å². The lowest BCUT2D eigenvalue weighted by atomic mass is 10.2. The van der Waals surface area contributed by atoms with E-state index in [0.29, 0.717) is 0 Å². The molecular weight excluding hydrogens is 172 g/mol. The summed E-state index contributed by atoms with van der Waals surface area (Å²) in [6.07, 6.45) is 4.47. The Morgan fingerprint density at radius 3 is 1.79 bits per heavy atom. The summed E-state index contributed by atoms with van der Waals surface area (Å²) in [6, 6.07) is 8.28. The summed E-state index contributed by atoms with van der Waals surface area (Å²) in [6.45, 7) is 12.3. The maximum Gasteiger partial charge on any atom is 0.0829 e. The summed E-state index contributed by atoms with van der Waals surface area (Å²) in [7, 11) is 0. The molecule has 1 heteroatoms. The van der Waals surface area contributed by atoms with Crippen molar-refractivity contribution in [2.75, 3.05) is 0 Å². The molecule has 0 radical (unpaired) electrons. The van der Waals surface area contributed by atoms with Crippen LogP contribution in [-0.2, 0) is 4.74 Å². The first-order valence-corrected chi connectivity index (χ1v) is 4.31. The third kappa shape index (κ3) is 5.84. The highest BCUT2D eigenvalue weighted by Gasteiger charge is 1.82. The average molecular weight is 188 g/mol. The number of benzene rings is 1. The first kappa shape index (κ1) is 12.2. The van der Waals surface area contributed by atoms with E-state index in [2.05, 4.69) is 55.7 Å². The third-order valence-corrected chi connectivity index (χ3v) is 1.51. The van der Waals surface area contributed by atoms with Gasteiger partial charge in [-0.3, -0.25) is 0 Å². The minimum Gasteiger partial charge on any atom is -0.474 e. The second kappa shape index (κ2) is 7.87. The molecule has 0 spiro atoms. The van der Waals surface area contributed by atoms with E-state index in [1.54, 1.807) is 0 Å². The van der Waals surface area contributed by atoms with Crippen LogP contribution in [0.2, 0.25) is 0 Å². The van der Waals surface area contributed by atoms with Gasteiger partial charge in [-0.1, -0.05) is 55.6 Å². The van der Waals surface area contributed by atoms with Gasteiger partial charge >= 0.3 is 0 Å². The van der Waals surface area contributed by atoms with Crippen molar-refractivity contribution in [2.24, 2.45) is 0 Å². The summed E-state index contributed by atoms with van der Waals surface area (Å²) in [5.41, 5.74) is 2.47. The Hall–Kier alpha value is -1.76. The van der Waals surface area contributed by atoms with E-state index in [-0.39, 0.29) is 0 Å². The van der Waals surface area contributed by atoms with Crippen LogP contribution in [0, 0.1) is 6.92 Å². The van der Waals surface area contributed by atoms with Crippen molar-refractivity contribution in [1.82, 2.24) is 0 Å². The van der Waals surface area contributed by atoms with E-state index in [0.717, 1.165) is 0 Å². The van der Waals surface area contributed by atoms with Gasteiger partial charge in [0, 0.05) is 0 Å². The second-order valence-corrected chi connectivity index (χ2v) is 2.58. The van der Waals surface area contributed by atoms with Crippen LogP contribution in [-0.4, -0.2) is 0 Å². The molecule has 0 saturated carbocycles. The molecule has 0 N–H and O–H groups in total. The van der Waals surface area contributed by atoms with Crippen molar-refractivity contribution in [3.05, 3.63) is 67.7 Å². The third-order valence-electron chi connectivity index (χ3n) is 1.51. The van der Waals surface area contributed by atoms with Crippen LogP contribution in [0.4, 0.5) is 0 Å². The minimum atomic E-state index is 1.18. The molecule has 1 aromatic rings. The number of hydrogen-bond acceptors (Lipinski definition) is 1. The monoisotopic (exact) mass is 188 g/mol. The molecule has 0 fully saturated rings. The lowest BCUT2D eigenvalue weighted by molar-refractivity contribution is 0.406. The molecule has 0 unspecified atom stereocenters. The highest BCUT2D eigenvalue weighted by Crippen LogP contribution is 2.02. The van der Waals surface area contributed by atoms with Crippen molar-refractivity contribution in [3.8, 4) is 0 Å². The lowest BCUT2D eigenvalue weighted by Crippen LogP contribution is -1.71. The Bertz CT molecular complexity index is 277. The molecule has 1 nitrogen and oxygen atoms in total. The summed E-state index contributed by atoms with van der Waals surface area (Å²) in [5, 5.41) is 0. The number of rotatable bonds is 3. The quantitative estimate of drug-likeness (QED) is 0.653. The molecule has 0 aromatic heterocycles. The Morgan fingerprint density at radius 1 is 1.00 bits per heavy atom. The standard InChI is InChI=1S/C9H10.C4H6O/c1-3-9-6-4-8(2)5-7-9;1-3-5-4-2/h3-7H,1H2,2H3;3-4H,1-2H2. The Kier molecular flexibility index (Phi) is 6.88. The number of ether oxygens (including phenoxy) is 1. The van der Waals surface area contributed by atoms with Crippen molar-refractivity contribution in [3.63, 3.8) is 0 Å². The fraction of sp³-hybridized carbons (Fsp3) is 0.0769. The first-order valence-electron chi connectivity index (χ1n) is 4.31. The van der Waals surface area contributed by atoms with E-state index in [1.807, 2.05) is 6.08 Å². The molecule has 0 aliphatic heterocycles. The van der Waals surface area contributed by atoms with E-state index >= 15 is 0 Å². The molecule has 1 aromatic carbocycles. The Balaban J connectivity index is 0.000000292. The summed E-state index contributed by atoms with van der Waals surface area (Å²) in [4.78, 5) is 0. The predicted octanol–water partition coefficient (Wildman–Crippen LogP) is 3.93. The molecule has 0 bridgehead atoms. The molecule has 0 heterocycles. The number of aryl methyl sites for hydroxylation is 1.